The van der Waals surface area contributed by atoms with E-state index in [4.69, 9.17) is 9.84 Å². The third-order valence-corrected chi connectivity index (χ3v) is 5.27. The van der Waals surface area contributed by atoms with Gasteiger partial charge >= 0.3 is 0 Å². The van der Waals surface area contributed by atoms with Gasteiger partial charge in [0.05, 0.1) is 24.9 Å². The molecule has 4 heterocycles. The Morgan fingerprint density at radius 1 is 1.42 bits per heavy atom. The molecule has 1 fully saturated rings. The van der Waals surface area contributed by atoms with Crippen LogP contribution in [-0.2, 0) is 24.3 Å². The van der Waals surface area contributed by atoms with Crippen LogP contribution in [0.25, 0.3) is 0 Å². The summed E-state index contributed by atoms with van der Waals surface area (Å²) in [6.07, 6.45) is 5.05. The number of aryl methyl sites for hydroxylation is 1. The summed E-state index contributed by atoms with van der Waals surface area (Å²) in [7, 11) is 0. The van der Waals surface area contributed by atoms with Crippen LogP contribution in [0.2, 0.25) is 0 Å². The number of carbonyl (C=O) groups is 1. The van der Waals surface area contributed by atoms with E-state index in [1.54, 1.807) is 4.90 Å². The van der Waals surface area contributed by atoms with Gasteiger partial charge in [0.15, 0.2) is 11.5 Å². The molecule has 6 nitrogen and oxygen atoms in total. The van der Waals surface area contributed by atoms with Crippen molar-refractivity contribution in [3.63, 3.8) is 0 Å². The van der Waals surface area contributed by atoms with Crippen LogP contribution in [0.3, 0.4) is 0 Å². The number of piperidine rings is 1. The van der Waals surface area contributed by atoms with Gasteiger partial charge in [-0.15, -0.1) is 0 Å². The summed E-state index contributed by atoms with van der Waals surface area (Å²) in [5.41, 5.74) is 3.10. The average Bonchev–Trinajstić information content (AvgIpc) is 3.06. The first-order valence-corrected chi connectivity index (χ1v) is 9.28. The first-order chi connectivity index (χ1) is 12.7. The average molecular weight is 358 g/mol. The highest BCUT2D eigenvalue weighted by Crippen LogP contribution is 2.35. The van der Waals surface area contributed by atoms with Gasteiger partial charge in [0, 0.05) is 37.0 Å². The number of carbonyl (C=O) groups excluding carboxylic acids is 1. The SMILES string of the molecule is CCn1nc(C2CCCCN2C(=O)c2ncccc2F)c2c1CCOC2. The summed E-state index contributed by atoms with van der Waals surface area (Å²) < 4.78 is 21.8. The standard InChI is InChI=1S/C19H23FN4O2/c1-2-24-15-8-11-26-12-13(15)17(22-24)16-7-3-4-10-23(16)19(25)18-14(20)6-5-9-21-18/h5-6,9,16H,2-4,7-8,10-12H2,1H3. The molecule has 2 aromatic heterocycles. The van der Waals surface area contributed by atoms with E-state index in [-0.39, 0.29) is 17.6 Å². The number of rotatable bonds is 3. The van der Waals surface area contributed by atoms with E-state index in [9.17, 15) is 9.18 Å². The van der Waals surface area contributed by atoms with E-state index in [1.165, 1.54) is 24.0 Å². The number of halogens is 1. The van der Waals surface area contributed by atoms with E-state index in [2.05, 4.69) is 11.9 Å². The number of hydrogen-bond donors (Lipinski definition) is 0. The molecule has 1 atom stereocenters. The summed E-state index contributed by atoms with van der Waals surface area (Å²) in [6.45, 7) is 4.68. The molecule has 2 aliphatic rings. The Morgan fingerprint density at radius 3 is 3.12 bits per heavy atom. The Kier molecular flexibility index (Phi) is 4.72. The number of aromatic nitrogens is 3. The zero-order valence-electron chi connectivity index (χ0n) is 14.9. The van der Waals surface area contributed by atoms with Crippen molar-refractivity contribution in [3.8, 4) is 0 Å². The minimum Gasteiger partial charge on any atom is -0.376 e. The predicted molar refractivity (Wildman–Crippen MR) is 93.1 cm³/mol. The lowest BCUT2D eigenvalue weighted by molar-refractivity contribution is 0.0585. The second-order valence-electron chi connectivity index (χ2n) is 6.77. The fraction of sp³-hybridized carbons (Fsp3) is 0.526. The minimum absolute atomic E-state index is 0.112. The lowest BCUT2D eigenvalue weighted by atomic mass is 9.95. The van der Waals surface area contributed by atoms with E-state index >= 15 is 0 Å². The Balaban J connectivity index is 1.72. The smallest absolute Gasteiger partial charge is 0.276 e. The Hall–Kier alpha value is -2.28. The van der Waals surface area contributed by atoms with Gasteiger partial charge in [-0.25, -0.2) is 9.37 Å². The lowest BCUT2D eigenvalue weighted by Crippen LogP contribution is -2.40. The van der Waals surface area contributed by atoms with Gasteiger partial charge in [0.1, 0.15) is 0 Å². The molecular weight excluding hydrogens is 335 g/mol. The molecule has 7 heteroatoms. The van der Waals surface area contributed by atoms with E-state index in [0.717, 1.165) is 43.5 Å². The van der Waals surface area contributed by atoms with Crippen molar-refractivity contribution in [1.82, 2.24) is 19.7 Å². The molecule has 0 spiro atoms. The topological polar surface area (TPSA) is 60.2 Å². The molecule has 138 valence electrons. The van der Waals surface area contributed by atoms with Crippen molar-refractivity contribution in [2.75, 3.05) is 13.2 Å². The predicted octanol–water partition coefficient (Wildman–Crippen LogP) is 2.88. The molecule has 0 N–H and O–H groups in total. The molecular formula is C19H23FN4O2. The molecule has 0 aliphatic carbocycles. The fourth-order valence-corrected chi connectivity index (χ4v) is 4.00. The zero-order chi connectivity index (χ0) is 18.1. The Morgan fingerprint density at radius 2 is 2.31 bits per heavy atom. The first kappa shape index (κ1) is 17.1. The van der Waals surface area contributed by atoms with Gasteiger partial charge in [-0.2, -0.15) is 5.10 Å². The number of nitrogens with zero attached hydrogens (tertiary/aromatic N) is 4. The van der Waals surface area contributed by atoms with Crippen LogP contribution in [0.15, 0.2) is 18.3 Å². The van der Waals surface area contributed by atoms with Crippen LogP contribution in [0.1, 0.15) is 59.7 Å². The molecule has 4 rings (SSSR count). The Bertz CT molecular complexity index is 820. The van der Waals surface area contributed by atoms with Crippen LogP contribution in [0.5, 0.6) is 0 Å². The number of hydrogen-bond acceptors (Lipinski definition) is 4. The maximum absolute atomic E-state index is 14.1. The Labute approximate surface area is 152 Å². The molecule has 0 radical (unpaired) electrons. The molecule has 2 aliphatic heterocycles. The minimum atomic E-state index is -0.578. The van der Waals surface area contributed by atoms with Crippen molar-refractivity contribution in [2.45, 2.75) is 51.8 Å². The molecule has 1 amide bonds. The number of pyridine rings is 1. The third kappa shape index (κ3) is 2.90. The van der Waals surface area contributed by atoms with Crippen LogP contribution in [0, 0.1) is 5.82 Å². The zero-order valence-corrected chi connectivity index (χ0v) is 14.9. The number of fused-ring (bicyclic) bond motifs is 1. The molecule has 0 bridgehead atoms. The van der Waals surface area contributed by atoms with Crippen molar-refractivity contribution >= 4 is 5.91 Å². The second-order valence-corrected chi connectivity index (χ2v) is 6.77. The van der Waals surface area contributed by atoms with Crippen molar-refractivity contribution in [3.05, 3.63) is 46.8 Å². The molecule has 26 heavy (non-hydrogen) atoms. The molecule has 1 unspecified atom stereocenters. The molecule has 2 aromatic rings. The van der Waals surface area contributed by atoms with Crippen LogP contribution in [-0.4, -0.2) is 38.7 Å². The summed E-state index contributed by atoms with van der Waals surface area (Å²) in [5, 5.41) is 4.81. The fourth-order valence-electron chi connectivity index (χ4n) is 4.00. The van der Waals surface area contributed by atoms with Gasteiger partial charge in [0.25, 0.3) is 5.91 Å². The third-order valence-electron chi connectivity index (χ3n) is 5.27. The molecule has 0 aromatic carbocycles. The van der Waals surface area contributed by atoms with Gasteiger partial charge in [-0.1, -0.05) is 0 Å². The van der Waals surface area contributed by atoms with Gasteiger partial charge in [0.2, 0.25) is 0 Å². The van der Waals surface area contributed by atoms with Crippen molar-refractivity contribution < 1.29 is 13.9 Å². The van der Waals surface area contributed by atoms with Gasteiger partial charge in [-0.05, 0) is 38.3 Å². The van der Waals surface area contributed by atoms with Crippen molar-refractivity contribution in [2.24, 2.45) is 0 Å². The van der Waals surface area contributed by atoms with Crippen LogP contribution < -0.4 is 0 Å². The highest BCUT2D eigenvalue weighted by atomic mass is 19.1. The lowest BCUT2D eigenvalue weighted by Gasteiger charge is -2.35. The summed E-state index contributed by atoms with van der Waals surface area (Å²) in [5.74, 6) is -0.935. The van der Waals surface area contributed by atoms with E-state index in [1.807, 2.05) is 4.68 Å². The quantitative estimate of drug-likeness (QED) is 0.846. The summed E-state index contributed by atoms with van der Waals surface area (Å²) in [4.78, 5) is 18.7. The molecule has 1 saturated heterocycles. The normalized spacial score (nSPS) is 20.1. The second kappa shape index (κ2) is 7.15. The van der Waals surface area contributed by atoms with E-state index in [0.29, 0.717) is 19.8 Å². The monoisotopic (exact) mass is 358 g/mol. The van der Waals surface area contributed by atoms with Crippen LogP contribution in [0.4, 0.5) is 4.39 Å². The number of likely N-dealkylation sites (tertiary alicyclic amines) is 1. The van der Waals surface area contributed by atoms with E-state index < -0.39 is 5.82 Å². The summed E-state index contributed by atoms with van der Waals surface area (Å²) >= 11 is 0. The van der Waals surface area contributed by atoms with Crippen LogP contribution >= 0.6 is 0 Å². The summed E-state index contributed by atoms with van der Waals surface area (Å²) in [6, 6.07) is 2.62. The van der Waals surface area contributed by atoms with Crippen molar-refractivity contribution in [1.29, 1.82) is 0 Å². The van der Waals surface area contributed by atoms with Gasteiger partial charge in [-0.3, -0.25) is 9.48 Å². The largest absolute Gasteiger partial charge is 0.376 e. The molecule has 0 saturated carbocycles. The number of ether oxygens (including phenoxy) is 1. The highest BCUT2D eigenvalue weighted by molar-refractivity contribution is 5.92. The maximum Gasteiger partial charge on any atom is 0.276 e. The first-order valence-electron chi connectivity index (χ1n) is 9.28. The van der Waals surface area contributed by atoms with Gasteiger partial charge < -0.3 is 9.64 Å². The number of amides is 1. The highest BCUT2D eigenvalue weighted by Gasteiger charge is 2.35. The maximum atomic E-state index is 14.1.